The largest absolute Gasteiger partial charge is 0.382 e. The van der Waals surface area contributed by atoms with E-state index in [9.17, 15) is 9.00 Å². The van der Waals surface area contributed by atoms with Crippen LogP contribution in [-0.4, -0.2) is 29.5 Å². The number of fused-ring (bicyclic) bond motifs is 1. The van der Waals surface area contributed by atoms with Gasteiger partial charge in [-0.1, -0.05) is 30.7 Å². The van der Waals surface area contributed by atoms with Crippen LogP contribution in [0, 0.1) is 4.78 Å². The molecule has 3 aromatic rings. The fourth-order valence-electron chi connectivity index (χ4n) is 2.48. The molecule has 1 aromatic carbocycles. The molecular weight excluding hydrogens is 364 g/mol. The van der Waals surface area contributed by atoms with Crippen LogP contribution in [0.5, 0.6) is 0 Å². The average molecular weight is 381 g/mol. The molecule has 0 radical (unpaired) electrons. The summed E-state index contributed by atoms with van der Waals surface area (Å²) < 4.78 is 21.8. The lowest BCUT2D eigenvalue weighted by molar-refractivity contribution is 0.665. The van der Waals surface area contributed by atoms with Gasteiger partial charge in [0.2, 0.25) is 5.16 Å². The third kappa shape index (κ3) is 3.38. The van der Waals surface area contributed by atoms with Gasteiger partial charge in [0.05, 0.1) is 6.54 Å². The molecule has 2 heterocycles. The van der Waals surface area contributed by atoms with Gasteiger partial charge in [-0.2, -0.15) is 4.98 Å². The Bertz CT molecular complexity index is 1090. The second-order valence-corrected chi connectivity index (χ2v) is 8.17. The van der Waals surface area contributed by atoms with Crippen LogP contribution in [-0.2, 0) is 16.3 Å². The Labute approximate surface area is 149 Å². The van der Waals surface area contributed by atoms with Gasteiger partial charge in [0.25, 0.3) is 0 Å². The van der Waals surface area contributed by atoms with Gasteiger partial charge in [-0.15, -0.1) is 0 Å². The van der Waals surface area contributed by atoms with Gasteiger partial charge >= 0.3 is 5.69 Å². The summed E-state index contributed by atoms with van der Waals surface area (Å²) in [6.45, 7) is 2.06. The molecule has 0 amide bonds. The standard InChI is InChI=1S/C15H17ClN6O2S/c1-2-7-25(18,24)14-20-12(17)11-13(21-14)22(15(23)19-11)8-9-3-5-10(16)6-4-9/h3-6,18H,2,7-8H2,1H3,(H,19,23)(H2,17,20,21)/t25-/m0/s1. The number of hydrogen-bond acceptors (Lipinski definition) is 6. The predicted molar refractivity (Wildman–Crippen MR) is 97.4 cm³/mol. The van der Waals surface area contributed by atoms with Crippen LogP contribution in [0.1, 0.15) is 18.9 Å². The van der Waals surface area contributed by atoms with Crippen molar-refractivity contribution in [2.24, 2.45) is 0 Å². The number of nitrogens with two attached hydrogens (primary N) is 1. The normalized spacial score (nSPS) is 13.8. The number of halogens is 1. The number of aromatic amines is 1. The summed E-state index contributed by atoms with van der Waals surface area (Å²) >= 11 is 5.88. The molecule has 8 nitrogen and oxygen atoms in total. The lowest BCUT2D eigenvalue weighted by atomic mass is 10.2. The fourth-order valence-corrected chi connectivity index (χ4v) is 3.84. The Kier molecular flexibility index (Phi) is 4.53. The Morgan fingerprint density at radius 3 is 2.64 bits per heavy atom. The van der Waals surface area contributed by atoms with Crippen molar-refractivity contribution < 1.29 is 4.21 Å². The van der Waals surface area contributed by atoms with E-state index in [1.165, 1.54) is 4.57 Å². The van der Waals surface area contributed by atoms with E-state index in [1.54, 1.807) is 24.3 Å². The third-order valence-corrected chi connectivity index (χ3v) is 5.68. The highest BCUT2D eigenvalue weighted by Gasteiger charge is 2.19. The summed E-state index contributed by atoms with van der Waals surface area (Å²) in [5, 5.41) is 0.445. The lowest BCUT2D eigenvalue weighted by Crippen LogP contribution is -2.18. The van der Waals surface area contributed by atoms with Crippen molar-refractivity contribution >= 4 is 38.3 Å². The number of anilines is 1. The van der Waals surface area contributed by atoms with Crippen LogP contribution in [0.4, 0.5) is 5.82 Å². The molecule has 4 N–H and O–H groups in total. The molecule has 25 heavy (non-hydrogen) atoms. The minimum Gasteiger partial charge on any atom is -0.382 e. The van der Waals surface area contributed by atoms with Gasteiger partial charge in [-0.05, 0) is 24.1 Å². The van der Waals surface area contributed by atoms with Crippen LogP contribution in [0.15, 0.2) is 34.2 Å². The van der Waals surface area contributed by atoms with E-state index in [-0.39, 0.29) is 34.4 Å². The average Bonchev–Trinajstić information content (AvgIpc) is 2.86. The van der Waals surface area contributed by atoms with Crippen LogP contribution in [0.3, 0.4) is 0 Å². The highest BCUT2D eigenvalue weighted by molar-refractivity contribution is 7.92. The summed E-state index contributed by atoms with van der Waals surface area (Å²) in [6, 6.07) is 7.04. The van der Waals surface area contributed by atoms with E-state index in [4.69, 9.17) is 22.1 Å². The number of aromatic nitrogens is 4. The van der Waals surface area contributed by atoms with Gasteiger partial charge < -0.3 is 10.7 Å². The topological polar surface area (TPSA) is 131 Å². The molecule has 132 valence electrons. The monoisotopic (exact) mass is 380 g/mol. The minimum absolute atomic E-state index is 0.00281. The first kappa shape index (κ1) is 17.4. The van der Waals surface area contributed by atoms with Crippen molar-refractivity contribution in [3.05, 3.63) is 45.3 Å². The van der Waals surface area contributed by atoms with E-state index >= 15 is 0 Å². The van der Waals surface area contributed by atoms with Crippen molar-refractivity contribution in [2.45, 2.75) is 25.0 Å². The zero-order valence-corrected chi connectivity index (χ0v) is 15.0. The molecule has 0 saturated heterocycles. The maximum atomic E-state index is 12.5. The SMILES string of the molecule is CCC[S@](=N)(=O)c1nc(N)c2[nH]c(=O)n(Cc3ccc(Cl)cc3)c2n1. The molecule has 0 fully saturated rings. The van der Waals surface area contributed by atoms with Crippen molar-refractivity contribution in [3.63, 3.8) is 0 Å². The first-order valence-electron chi connectivity index (χ1n) is 7.59. The highest BCUT2D eigenvalue weighted by atomic mass is 35.5. The van der Waals surface area contributed by atoms with Crippen LogP contribution in [0.25, 0.3) is 11.2 Å². The van der Waals surface area contributed by atoms with E-state index in [2.05, 4.69) is 15.0 Å². The van der Waals surface area contributed by atoms with Crippen LogP contribution in [0.2, 0.25) is 5.02 Å². The smallest absolute Gasteiger partial charge is 0.328 e. The third-order valence-electron chi connectivity index (χ3n) is 3.67. The molecule has 3 rings (SSSR count). The number of H-pyrrole nitrogens is 1. The minimum atomic E-state index is -3.16. The summed E-state index contributed by atoms with van der Waals surface area (Å²) in [5.74, 6) is 0.132. The van der Waals surface area contributed by atoms with Gasteiger partial charge in [0, 0.05) is 10.8 Å². The van der Waals surface area contributed by atoms with Gasteiger partial charge in [0.1, 0.15) is 15.2 Å². The first-order chi connectivity index (χ1) is 11.8. The number of nitrogen functional groups attached to an aromatic ring is 1. The zero-order valence-electron chi connectivity index (χ0n) is 13.5. The highest BCUT2D eigenvalue weighted by Crippen LogP contribution is 2.19. The van der Waals surface area contributed by atoms with Gasteiger partial charge in [-0.25, -0.2) is 18.8 Å². The maximum absolute atomic E-state index is 12.5. The zero-order chi connectivity index (χ0) is 18.2. The number of benzene rings is 1. The van der Waals surface area contributed by atoms with Crippen LogP contribution >= 0.6 is 11.6 Å². The Balaban J connectivity index is 2.15. The Morgan fingerprint density at radius 1 is 1.32 bits per heavy atom. The number of nitrogens with one attached hydrogen (secondary N) is 2. The summed E-state index contributed by atoms with van der Waals surface area (Å²) in [7, 11) is -3.16. The number of rotatable bonds is 5. The summed E-state index contributed by atoms with van der Waals surface area (Å²) in [6.07, 6.45) is 0.550. The van der Waals surface area contributed by atoms with Gasteiger partial charge in [-0.3, -0.25) is 4.57 Å². The summed E-state index contributed by atoms with van der Waals surface area (Å²) in [4.78, 5) is 23.1. The molecule has 1 atom stereocenters. The lowest BCUT2D eigenvalue weighted by Gasteiger charge is -2.08. The fraction of sp³-hybridized carbons (Fsp3) is 0.267. The van der Waals surface area contributed by atoms with Crippen LogP contribution < -0.4 is 11.4 Å². The number of hydrogen-bond donors (Lipinski definition) is 3. The molecule has 10 heteroatoms. The van der Waals surface area contributed by atoms with Crippen molar-refractivity contribution in [3.8, 4) is 0 Å². The molecule has 0 aliphatic heterocycles. The molecule has 0 spiro atoms. The summed E-state index contributed by atoms with van der Waals surface area (Å²) in [5.41, 5.74) is 6.82. The molecule has 2 aromatic heterocycles. The van der Waals surface area contributed by atoms with E-state index < -0.39 is 15.4 Å². The molecule has 0 saturated carbocycles. The van der Waals surface area contributed by atoms with E-state index in [0.29, 0.717) is 11.4 Å². The van der Waals surface area contributed by atoms with Crippen molar-refractivity contribution in [1.82, 2.24) is 19.5 Å². The first-order valence-corrected chi connectivity index (χ1v) is 9.69. The second-order valence-electron chi connectivity index (χ2n) is 5.61. The maximum Gasteiger partial charge on any atom is 0.328 e. The Morgan fingerprint density at radius 2 is 2.00 bits per heavy atom. The van der Waals surface area contributed by atoms with Gasteiger partial charge in [0.15, 0.2) is 11.5 Å². The molecule has 0 aliphatic rings. The van der Waals surface area contributed by atoms with Crippen molar-refractivity contribution in [2.75, 3.05) is 11.5 Å². The molecule has 0 unspecified atom stereocenters. The second kappa shape index (κ2) is 6.49. The van der Waals surface area contributed by atoms with Crippen molar-refractivity contribution in [1.29, 1.82) is 4.78 Å². The predicted octanol–water partition coefficient (Wildman–Crippen LogP) is 2.22. The van der Waals surface area contributed by atoms with E-state index in [1.807, 2.05) is 6.92 Å². The molecule has 0 bridgehead atoms. The number of nitrogens with zero attached hydrogens (tertiary/aromatic N) is 3. The molecule has 0 aliphatic carbocycles. The number of imidazole rings is 1. The quantitative estimate of drug-likeness (QED) is 0.584. The molecular formula is C15H17ClN6O2S. The Hall–Kier alpha value is -2.39. The van der Waals surface area contributed by atoms with E-state index in [0.717, 1.165) is 5.56 Å².